The molecule has 0 aromatic carbocycles. The molecule has 0 spiro atoms. The van der Waals surface area contributed by atoms with Crippen molar-refractivity contribution >= 4 is 17.4 Å². The van der Waals surface area contributed by atoms with E-state index in [0.717, 1.165) is 38.5 Å². The minimum atomic E-state index is 0.299. The molecule has 1 fully saturated rings. The zero-order chi connectivity index (χ0) is 9.80. The molecule has 2 heterocycles. The summed E-state index contributed by atoms with van der Waals surface area (Å²) < 4.78 is 5.36. The maximum Gasteiger partial charge on any atom is 0.224 e. The summed E-state index contributed by atoms with van der Waals surface area (Å²) in [6, 6.07) is 1.87. The molecule has 0 amide bonds. The van der Waals surface area contributed by atoms with Crippen LogP contribution in [0.3, 0.4) is 0 Å². The van der Waals surface area contributed by atoms with E-state index < -0.39 is 0 Å². The van der Waals surface area contributed by atoms with E-state index >= 15 is 0 Å². The van der Waals surface area contributed by atoms with Crippen LogP contribution in [0.4, 0.5) is 5.82 Å². The molecule has 1 aromatic heterocycles. The Kier molecular flexibility index (Phi) is 3.16. The molecule has 0 atom stereocenters. The molecule has 1 saturated heterocycles. The number of halogens is 1. The quantitative estimate of drug-likeness (QED) is 0.661. The van der Waals surface area contributed by atoms with Crippen molar-refractivity contribution < 1.29 is 4.74 Å². The smallest absolute Gasteiger partial charge is 0.224 e. The number of nitrogens with zero attached hydrogens (tertiary/aromatic N) is 3. The van der Waals surface area contributed by atoms with Gasteiger partial charge in [0, 0.05) is 25.9 Å². The zero-order valence-corrected chi connectivity index (χ0v) is 8.57. The monoisotopic (exact) mass is 213 g/mol. The Bertz CT molecular complexity index is 300. The van der Waals surface area contributed by atoms with Crippen LogP contribution in [0.5, 0.6) is 0 Å². The highest BCUT2D eigenvalue weighted by molar-refractivity contribution is 6.28. The predicted molar refractivity (Wildman–Crippen MR) is 54.7 cm³/mol. The second-order valence-electron chi connectivity index (χ2n) is 3.14. The molecular weight excluding hydrogens is 202 g/mol. The Balaban J connectivity index is 2.12. The summed E-state index contributed by atoms with van der Waals surface area (Å²) in [5, 5.41) is 0.299. The van der Waals surface area contributed by atoms with Crippen LogP contribution in [-0.4, -0.2) is 36.3 Å². The lowest BCUT2D eigenvalue weighted by molar-refractivity contribution is 0.152. The average Bonchev–Trinajstić information content (AvgIpc) is 2.45. The van der Waals surface area contributed by atoms with Crippen LogP contribution in [0, 0.1) is 0 Å². The van der Waals surface area contributed by atoms with E-state index in [4.69, 9.17) is 16.3 Å². The normalized spacial score (nSPS) is 17.9. The number of aromatic nitrogens is 2. The standard InChI is InChI=1S/C9H12ClN3O/c10-9-11-3-2-8(12-9)13-4-1-6-14-7-5-13/h2-3H,1,4-7H2. The Morgan fingerprint density at radius 2 is 2.29 bits per heavy atom. The Labute approximate surface area is 87.9 Å². The number of rotatable bonds is 1. The van der Waals surface area contributed by atoms with E-state index in [1.807, 2.05) is 6.07 Å². The molecule has 1 aliphatic rings. The summed E-state index contributed by atoms with van der Waals surface area (Å²) >= 11 is 5.72. The van der Waals surface area contributed by atoms with Gasteiger partial charge in [0.1, 0.15) is 5.82 Å². The highest BCUT2D eigenvalue weighted by Crippen LogP contribution is 2.13. The molecule has 0 saturated carbocycles. The fraction of sp³-hybridized carbons (Fsp3) is 0.556. The number of ether oxygens (including phenoxy) is 1. The summed E-state index contributed by atoms with van der Waals surface area (Å²) in [6.45, 7) is 3.41. The van der Waals surface area contributed by atoms with Crippen molar-refractivity contribution in [2.75, 3.05) is 31.2 Å². The largest absolute Gasteiger partial charge is 0.380 e. The van der Waals surface area contributed by atoms with Crippen molar-refractivity contribution in [3.63, 3.8) is 0 Å². The van der Waals surface area contributed by atoms with Crippen LogP contribution < -0.4 is 4.90 Å². The number of hydrogen-bond donors (Lipinski definition) is 0. The third-order valence-electron chi connectivity index (χ3n) is 2.16. The van der Waals surface area contributed by atoms with E-state index in [1.54, 1.807) is 6.20 Å². The summed E-state index contributed by atoms with van der Waals surface area (Å²) in [5.41, 5.74) is 0. The lowest BCUT2D eigenvalue weighted by Crippen LogP contribution is -2.26. The van der Waals surface area contributed by atoms with Gasteiger partial charge in [-0.05, 0) is 24.1 Å². The molecule has 0 aliphatic carbocycles. The number of hydrogen-bond acceptors (Lipinski definition) is 4. The maximum atomic E-state index is 5.72. The number of anilines is 1. The van der Waals surface area contributed by atoms with Gasteiger partial charge in [-0.25, -0.2) is 9.97 Å². The van der Waals surface area contributed by atoms with Crippen molar-refractivity contribution in [2.45, 2.75) is 6.42 Å². The Hall–Kier alpha value is -0.870. The SMILES string of the molecule is Clc1nccc(N2CCCOCC2)n1. The molecule has 0 radical (unpaired) electrons. The van der Waals surface area contributed by atoms with Crippen LogP contribution in [0.2, 0.25) is 5.28 Å². The van der Waals surface area contributed by atoms with Crippen molar-refractivity contribution in [2.24, 2.45) is 0 Å². The van der Waals surface area contributed by atoms with Crippen LogP contribution in [0.1, 0.15) is 6.42 Å². The molecule has 0 unspecified atom stereocenters. The predicted octanol–water partition coefficient (Wildman–Crippen LogP) is 1.36. The summed E-state index contributed by atoms with van der Waals surface area (Å²) in [7, 11) is 0. The minimum absolute atomic E-state index is 0.299. The van der Waals surface area contributed by atoms with Gasteiger partial charge in [-0.1, -0.05) is 0 Å². The lowest BCUT2D eigenvalue weighted by atomic mass is 10.4. The van der Waals surface area contributed by atoms with Crippen molar-refractivity contribution in [3.8, 4) is 0 Å². The molecule has 76 valence electrons. The summed E-state index contributed by atoms with van der Waals surface area (Å²) in [6.07, 6.45) is 2.71. The first-order valence-corrected chi connectivity index (χ1v) is 5.05. The average molecular weight is 214 g/mol. The van der Waals surface area contributed by atoms with E-state index in [1.165, 1.54) is 0 Å². The summed E-state index contributed by atoms with van der Waals surface area (Å²) in [5.74, 6) is 0.885. The first-order valence-electron chi connectivity index (χ1n) is 4.67. The van der Waals surface area contributed by atoms with E-state index in [2.05, 4.69) is 14.9 Å². The molecule has 1 aliphatic heterocycles. The van der Waals surface area contributed by atoms with Crippen molar-refractivity contribution in [1.82, 2.24) is 9.97 Å². The van der Waals surface area contributed by atoms with E-state index in [0.29, 0.717) is 5.28 Å². The van der Waals surface area contributed by atoms with Crippen LogP contribution in [0.25, 0.3) is 0 Å². The van der Waals surface area contributed by atoms with Crippen LogP contribution in [-0.2, 0) is 4.74 Å². The summed E-state index contributed by atoms with van der Waals surface area (Å²) in [4.78, 5) is 10.2. The molecule has 0 N–H and O–H groups in total. The van der Waals surface area contributed by atoms with Gasteiger partial charge < -0.3 is 9.64 Å². The van der Waals surface area contributed by atoms with Crippen molar-refractivity contribution in [3.05, 3.63) is 17.5 Å². The molecular formula is C9H12ClN3O. The Morgan fingerprint density at radius 3 is 3.14 bits per heavy atom. The van der Waals surface area contributed by atoms with Crippen LogP contribution in [0.15, 0.2) is 12.3 Å². The fourth-order valence-corrected chi connectivity index (χ4v) is 1.62. The van der Waals surface area contributed by atoms with E-state index in [-0.39, 0.29) is 0 Å². The minimum Gasteiger partial charge on any atom is -0.380 e. The molecule has 4 nitrogen and oxygen atoms in total. The first kappa shape index (κ1) is 9.68. The zero-order valence-electron chi connectivity index (χ0n) is 7.82. The van der Waals surface area contributed by atoms with Gasteiger partial charge in [-0.15, -0.1) is 0 Å². The van der Waals surface area contributed by atoms with Gasteiger partial charge >= 0.3 is 0 Å². The lowest BCUT2D eigenvalue weighted by Gasteiger charge is -2.20. The van der Waals surface area contributed by atoms with Gasteiger partial charge in [0.25, 0.3) is 0 Å². The highest BCUT2D eigenvalue weighted by atomic mass is 35.5. The topological polar surface area (TPSA) is 38.2 Å². The van der Waals surface area contributed by atoms with E-state index in [9.17, 15) is 0 Å². The second-order valence-corrected chi connectivity index (χ2v) is 3.47. The first-order chi connectivity index (χ1) is 6.86. The highest BCUT2D eigenvalue weighted by Gasteiger charge is 2.11. The fourth-order valence-electron chi connectivity index (χ4n) is 1.48. The van der Waals surface area contributed by atoms with Gasteiger partial charge in [0.15, 0.2) is 0 Å². The third kappa shape index (κ3) is 2.33. The van der Waals surface area contributed by atoms with Gasteiger partial charge in [-0.3, -0.25) is 0 Å². The van der Waals surface area contributed by atoms with Gasteiger partial charge in [-0.2, -0.15) is 0 Å². The third-order valence-corrected chi connectivity index (χ3v) is 2.34. The van der Waals surface area contributed by atoms with Gasteiger partial charge in [0.2, 0.25) is 5.28 Å². The molecule has 5 heteroatoms. The molecule has 14 heavy (non-hydrogen) atoms. The van der Waals surface area contributed by atoms with Crippen molar-refractivity contribution in [1.29, 1.82) is 0 Å². The van der Waals surface area contributed by atoms with Gasteiger partial charge in [0.05, 0.1) is 6.61 Å². The maximum absolute atomic E-state index is 5.72. The van der Waals surface area contributed by atoms with Crippen LogP contribution >= 0.6 is 11.6 Å². The second kappa shape index (κ2) is 4.57. The Morgan fingerprint density at radius 1 is 1.36 bits per heavy atom. The molecule has 0 bridgehead atoms. The molecule has 1 aromatic rings. The molecule has 2 rings (SSSR count).